The second-order valence-corrected chi connectivity index (χ2v) is 8.97. The fourth-order valence-electron chi connectivity index (χ4n) is 5.57. The zero-order chi connectivity index (χ0) is 19.2. The second kappa shape index (κ2) is 7.06. The number of rotatable bonds is 4. The van der Waals surface area contributed by atoms with Crippen LogP contribution in [0.5, 0.6) is 0 Å². The molecule has 0 spiro atoms. The first kappa shape index (κ1) is 18.7. The first-order chi connectivity index (χ1) is 12.9. The molecule has 1 aromatic rings. The van der Waals surface area contributed by atoms with Crippen LogP contribution in [0.4, 0.5) is 0 Å². The molecule has 0 bridgehead atoms. The monoisotopic (exact) mass is 370 g/mol. The molecule has 1 saturated carbocycles. The topological polar surface area (TPSA) is 63.1 Å². The van der Waals surface area contributed by atoms with Crippen LogP contribution in [0.15, 0.2) is 42.0 Å². The van der Waals surface area contributed by atoms with Gasteiger partial charge in [0.05, 0.1) is 12.6 Å². The first-order valence-electron chi connectivity index (χ1n) is 10.4. The van der Waals surface area contributed by atoms with E-state index in [-0.39, 0.29) is 35.4 Å². The van der Waals surface area contributed by atoms with Gasteiger partial charge in [-0.1, -0.05) is 55.8 Å². The van der Waals surface area contributed by atoms with Gasteiger partial charge in [0.2, 0.25) is 0 Å². The van der Waals surface area contributed by atoms with Crippen molar-refractivity contribution >= 4 is 5.97 Å². The van der Waals surface area contributed by atoms with Gasteiger partial charge in [-0.25, -0.2) is 0 Å². The molecule has 0 aromatic heterocycles. The number of aliphatic hydroxyl groups is 1. The van der Waals surface area contributed by atoms with Crippen molar-refractivity contribution in [3.05, 3.63) is 47.5 Å². The Balaban J connectivity index is 1.52. The number of hydrogen-bond acceptors (Lipinski definition) is 3. The maximum absolute atomic E-state index is 12.7. The van der Waals surface area contributed by atoms with Gasteiger partial charge >= 0.3 is 5.97 Å². The van der Waals surface area contributed by atoms with Crippen LogP contribution in [-0.4, -0.2) is 29.8 Å². The van der Waals surface area contributed by atoms with E-state index in [1.54, 1.807) is 0 Å². The third-order valence-corrected chi connectivity index (χ3v) is 7.64. The molecule has 146 valence electrons. The van der Waals surface area contributed by atoms with Gasteiger partial charge < -0.3 is 15.2 Å². The highest BCUT2D eigenvalue weighted by Gasteiger charge is 2.60. The lowest BCUT2D eigenvalue weighted by molar-refractivity contribution is -0.697. The number of ether oxygens (including phenoxy) is 1. The number of carbonyl (C=O) groups excluding carboxylic acids is 1. The number of quaternary nitrogens is 1. The van der Waals surface area contributed by atoms with Gasteiger partial charge in [-0.15, -0.1) is 0 Å². The summed E-state index contributed by atoms with van der Waals surface area (Å²) in [5.74, 6) is -0.0313. The summed E-state index contributed by atoms with van der Waals surface area (Å²) in [5.41, 5.74) is 2.32. The number of carbonyl (C=O) groups is 1. The highest BCUT2D eigenvalue weighted by atomic mass is 16.6. The number of nitrogens with two attached hydrogens (primary N) is 1. The van der Waals surface area contributed by atoms with E-state index in [9.17, 15) is 9.90 Å². The standard InChI is InChI=1S/C23H31NO3/c1-14-8-7-11-17-12-19-20(21(25)23(14,17)3)18(22(26)27-19)13-24-15(2)16-9-5-4-6-10-16/h4-6,9-11,14-15,18-21,24-25H,7-8,12-13H2,1-3H3/p+1/t14-,15-,18+,19+,20+,21+,23+/m0/s1. The number of esters is 1. The van der Waals surface area contributed by atoms with Crippen molar-refractivity contribution in [2.75, 3.05) is 6.54 Å². The zero-order valence-electron chi connectivity index (χ0n) is 16.6. The molecule has 4 nitrogen and oxygen atoms in total. The molecule has 7 atom stereocenters. The molecular formula is C23H32NO3+. The number of benzene rings is 1. The van der Waals surface area contributed by atoms with Gasteiger partial charge in [0.15, 0.2) is 0 Å². The molecule has 0 radical (unpaired) electrons. The molecule has 1 saturated heterocycles. The number of fused-ring (bicyclic) bond motifs is 2. The summed E-state index contributed by atoms with van der Waals surface area (Å²) in [4.78, 5) is 12.7. The molecule has 4 rings (SSSR count). The zero-order valence-corrected chi connectivity index (χ0v) is 16.6. The van der Waals surface area contributed by atoms with Crippen LogP contribution in [0.25, 0.3) is 0 Å². The normalized spacial score (nSPS) is 39.2. The number of aliphatic hydroxyl groups excluding tert-OH is 1. The Labute approximate surface area is 162 Å². The van der Waals surface area contributed by atoms with Crippen molar-refractivity contribution in [1.82, 2.24) is 0 Å². The lowest BCUT2D eigenvalue weighted by Crippen LogP contribution is -2.86. The average Bonchev–Trinajstić information content (AvgIpc) is 2.98. The lowest BCUT2D eigenvalue weighted by Gasteiger charge is -2.51. The van der Waals surface area contributed by atoms with Crippen molar-refractivity contribution < 1.29 is 20.0 Å². The van der Waals surface area contributed by atoms with Crippen LogP contribution in [0, 0.1) is 23.2 Å². The maximum atomic E-state index is 12.7. The van der Waals surface area contributed by atoms with Crippen molar-refractivity contribution in [1.29, 1.82) is 0 Å². The van der Waals surface area contributed by atoms with Gasteiger partial charge in [0.1, 0.15) is 18.1 Å². The minimum Gasteiger partial charge on any atom is -0.461 e. The predicted molar refractivity (Wildman–Crippen MR) is 104 cm³/mol. The smallest absolute Gasteiger partial charge is 0.315 e. The van der Waals surface area contributed by atoms with E-state index in [4.69, 9.17) is 4.74 Å². The molecule has 2 aliphatic carbocycles. The Morgan fingerprint density at radius 3 is 2.81 bits per heavy atom. The minimum atomic E-state index is -0.519. The summed E-state index contributed by atoms with van der Waals surface area (Å²) in [6.45, 7) is 7.26. The SMILES string of the molecule is C[C@H]([NH2+]C[C@H]1C(=O)O[C@@H]2CC3=CCC[C@H](C)[C@@]3(C)[C@H](O)[C@@H]21)c1ccccc1. The second-order valence-electron chi connectivity index (χ2n) is 8.97. The van der Waals surface area contributed by atoms with E-state index in [0.717, 1.165) is 19.3 Å². The van der Waals surface area contributed by atoms with E-state index < -0.39 is 6.10 Å². The van der Waals surface area contributed by atoms with Gasteiger partial charge in [-0.05, 0) is 25.7 Å². The van der Waals surface area contributed by atoms with Gasteiger partial charge in [0, 0.05) is 23.3 Å². The first-order valence-corrected chi connectivity index (χ1v) is 10.4. The molecule has 4 heteroatoms. The quantitative estimate of drug-likeness (QED) is 0.633. The summed E-state index contributed by atoms with van der Waals surface area (Å²) < 4.78 is 5.76. The van der Waals surface area contributed by atoms with Crippen LogP contribution >= 0.6 is 0 Å². The van der Waals surface area contributed by atoms with Crippen molar-refractivity contribution in [2.24, 2.45) is 23.2 Å². The summed E-state index contributed by atoms with van der Waals surface area (Å²) in [6.07, 6.45) is 4.56. The molecule has 2 fully saturated rings. The Morgan fingerprint density at radius 2 is 2.07 bits per heavy atom. The van der Waals surface area contributed by atoms with Crippen molar-refractivity contribution in [3.8, 4) is 0 Å². The maximum Gasteiger partial charge on any atom is 0.315 e. The summed E-state index contributed by atoms with van der Waals surface area (Å²) in [7, 11) is 0. The van der Waals surface area contributed by atoms with E-state index in [1.165, 1.54) is 11.1 Å². The van der Waals surface area contributed by atoms with Gasteiger partial charge in [-0.3, -0.25) is 4.79 Å². The molecule has 1 aliphatic heterocycles. The fraction of sp³-hybridized carbons (Fsp3) is 0.609. The minimum absolute atomic E-state index is 0.0978. The van der Waals surface area contributed by atoms with Gasteiger partial charge in [-0.2, -0.15) is 0 Å². The fourth-order valence-corrected chi connectivity index (χ4v) is 5.57. The summed E-state index contributed by atoms with van der Waals surface area (Å²) in [6, 6.07) is 10.6. The average molecular weight is 371 g/mol. The van der Waals surface area contributed by atoms with Crippen LogP contribution in [0.2, 0.25) is 0 Å². The molecular weight excluding hydrogens is 338 g/mol. The third-order valence-electron chi connectivity index (χ3n) is 7.64. The molecule has 0 amide bonds. The molecule has 1 heterocycles. The summed E-state index contributed by atoms with van der Waals surface area (Å²) >= 11 is 0. The van der Waals surface area contributed by atoms with Crippen LogP contribution in [0.1, 0.15) is 51.6 Å². The van der Waals surface area contributed by atoms with E-state index in [0.29, 0.717) is 12.5 Å². The van der Waals surface area contributed by atoms with Crippen LogP contribution in [0.3, 0.4) is 0 Å². The molecule has 3 N–H and O–H groups in total. The number of allylic oxidation sites excluding steroid dienone is 1. The lowest BCUT2D eigenvalue weighted by atomic mass is 9.55. The van der Waals surface area contributed by atoms with Crippen molar-refractivity contribution in [3.63, 3.8) is 0 Å². The third kappa shape index (κ3) is 3.03. The Kier molecular flexibility index (Phi) is 4.89. The van der Waals surface area contributed by atoms with Crippen molar-refractivity contribution in [2.45, 2.75) is 58.3 Å². The highest BCUT2D eigenvalue weighted by molar-refractivity contribution is 5.76. The van der Waals surface area contributed by atoms with E-state index >= 15 is 0 Å². The largest absolute Gasteiger partial charge is 0.461 e. The van der Waals surface area contributed by atoms with Crippen LogP contribution < -0.4 is 5.32 Å². The molecule has 3 aliphatic rings. The molecule has 1 aromatic carbocycles. The highest BCUT2D eigenvalue weighted by Crippen LogP contribution is 2.55. The Bertz CT molecular complexity index is 730. The Hall–Kier alpha value is -1.65. The summed E-state index contributed by atoms with van der Waals surface area (Å²) in [5, 5.41) is 13.6. The Morgan fingerprint density at radius 1 is 1.33 bits per heavy atom. The van der Waals surface area contributed by atoms with E-state index in [2.05, 4.69) is 44.3 Å². The predicted octanol–water partition coefficient (Wildman–Crippen LogP) is 2.60. The van der Waals surface area contributed by atoms with Crippen LogP contribution in [-0.2, 0) is 9.53 Å². The van der Waals surface area contributed by atoms with E-state index in [1.807, 2.05) is 18.2 Å². The molecule has 0 unspecified atom stereocenters. The van der Waals surface area contributed by atoms with Gasteiger partial charge in [0.25, 0.3) is 0 Å². The molecule has 27 heavy (non-hydrogen) atoms. The number of hydrogen-bond donors (Lipinski definition) is 2.